The van der Waals surface area contributed by atoms with Gasteiger partial charge in [0.2, 0.25) is 5.91 Å². The Labute approximate surface area is 119 Å². The van der Waals surface area contributed by atoms with Gasteiger partial charge in [-0.05, 0) is 30.0 Å². The number of carbonyl (C=O) groups excluding carboxylic acids is 1. The smallest absolute Gasteiger partial charge is 0.326 e. The van der Waals surface area contributed by atoms with Crippen molar-refractivity contribution in [3.05, 3.63) is 41.5 Å². The van der Waals surface area contributed by atoms with Crippen LogP contribution < -0.4 is 5.32 Å². The fraction of sp³-hybridized carbons (Fsp3) is 0.375. The number of aryl methyl sites for hydroxylation is 1. The summed E-state index contributed by atoms with van der Waals surface area (Å²) in [6.07, 6.45) is 3.76. The van der Waals surface area contributed by atoms with Crippen LogP contribution in [0.4, 0.5) is 0 Å². The van der Waals surface area contributed by atoms with Crippen molar-refractivity contribution in [3.8, 4) is 0 Å². The van der Waals surface area contributed by atoms with Gasteiger partial charge in [0.1, 0.15) is 6.04 Å². The predicted molar refractivity (Wildman–Crippen MR) is 79.2 cm³/mol. The van der Waals surface area contributed by atoms with Crippen LogP contribution in [-0.2, 0) is 9.59 Å². The van der Waals surface area contributed by atoms with E-state index in [9.17, 15) is 9.59 Å². The first-order valence-electron chi connectivity index (χ1n) is 6.72. The summed E-state index contributed by atoms with van der Waals surface area (Å²) in [6, 6.07) is 6.83. The fourth-order valence-corrected chi connectivity index (χ4v) is 1.82. The minimum atomic E-state index is -1.00. The molecule has 1 unspecified atom stereocenters. The van der Waals surface area contributed by atoms with Crippen LogP contribution in [0.15, 0.2) is 30.3 Å². The molecule has 0 heterocycles. The summed E-state index contributed by atoms with van der Waals surface area (Å²) in [6.45, 7) is 5.66. The lowest BCUT2D eigenvalue weighted by Crippen LogP contribution is -2.44. The molecule has 0 saturated heterocycles. The van der Waals surface area contributed by atoms with E-state index in [1.807, 2.05) is 45.0 Å². The second-order valence-corrected chi connectivity index (χ2v) is 4.90. The number of aliphatic carboxylic acids is 1. The van der Waals surface area contributed by atoms with E-state index in [0.717, 1.165) is 11.1 Å². The molecular weight excluding hydrogens is 254 g/mol. The molecule has 0 aliphatic heterocycles. The monoisotopic (exact) mass is 275 g/mol. The van der Waals surface area contributed by atoms with Gasteiger partial charge in [0.25, 0.3) is 0 Å². The second-order valence-electron chi connectivity index (χ2n) is 4.90. The van der Waals surface area contributed by atoms with Gasteiger partial charge in [0.05, 0.1) is 0 Å². The van der Waals surface area contributed by atoms with Crippen molar-refractivity contribution in [2.24, 2.45) is 5.92 Å². The zero-order valence-corrected chi connectivity index (χ0v) is 12.1. The molecule has 0 fully saturated rings. The molecule has 0 aromatic heterocycles. The third kappa shape index (κ3) is 4.53. The van der Waals surface area contributed by atoms with E-state index >= 15 is 0 Å². The van der Waals surface area contributed by atoms with Crippen LogP contribution in [0.5, 0.6) is 0 Å². The number of rotatable bonds is 6. The van der Waals surface area contributed by atoms with Crippen molar-refractivity contribution >= 4 is 18.0 Å². The molecule has 0 saturated carbocycles. The van der Waals surface area contributed by atoms with Crippen molar-refractivity contribution in [2.75, 3.05) is 0 Å². The normalized spacial score (nSPS) is 13.9. The first-order chi connectivity index (χ1) is 9.45. The average molecular weight is 275 g/mol. The molecular formula is C16H21NO3. The number of carboxylic acids is 1. The van der Waals surface area contributed by atoms with E-state index in [2.05, 4.69) is 5.32 Å². The molecule has 1 rings (SSSR count). The number of hydrogen-bond acceptors (Lipinski definition) is 2. The van der Waals surface area contributed by atoms with Gasteiger partial charge < -0.3 is 10.4 Å². The molecule has 2 atom stereocenters. The summed E-state index contributed by atoms with van der Waals surface area (Å²) in [5.74, 6) is -1.50. The van der Waals surface area contributed by atoms with Gasteiger partial charge in [-0.15, -0.1) is 0 Å². The maximum absolute atomic E-state index is 11.8. The first kappa shape index (κ1) is 16.0. The highest BCUT2D eigenvalue weighted by atomic mass is 16.4. The topological polar surface area (TPSA) is 66.4 Å². The lowest BCUT2D eigenvalue weighted by Gasteiger charge is -2.19. The highest BCUT2D eigenvalue weighted by Crippen LogP contribution is 2.10. The van der Waals surface area contributed by atoms with E-state index < -0.39 is 12.0 Å². The number of nitrogens with one attached hydrogen (secondary N) is 1. The first-order valence-corrected chi connectivity index (χ1v) is 6.72. The standard InChI is InChI=1S/C16H21NO3/c1-4-11(2)15(16(19)20)17-14(18)10-9-13-8-6-5-7-12(13)3/h5-11,15H,4H2,1-3H3,(H,17,18)(H,19,20)/t11?,15-/m0/s1. The molecule has 0 spiro atoms. The Kier molecular flexibility index (Phi) is 5.97. The Morgan fingerprint density at radius 1 is 1.35 bits per heavy atom. The van der Waals surface area contributed by atoms with Crippen LogP contribution in [0, 0.1) is 12.8 Å². The van der Waals surface area contributed by atoms with E-state index in [1.165, 1.54) is 6.08 Å². The Morgan fingerprint density at radius 3 is 2.55 bits per heavy atom. The molecule has 4 heteroatoms. The predicted octanol–water partition coefficient (Wildman–Crippen LogP) is 2.62. The van der Waals surface area contributed by atoms with Crippen molar-refractivity contribution in [1.29, 1.82) is 0 Å². The maximum Gasteiger partial charge on any atom is 0.326 e. The van der Waals surface area contributed by atoms with Gasteiger partial charge in [-0.3, -0.25) is 4.79 Å². The van der Waals surface area contributed by atoms with E-state index in [4.69, 9.17) is 5.11 Å². The molecule has 1 amide bonds. The van der Waals surface area contributed by atoms with E-state index in [0.29, 0.717) is 6.42 Å². The lowest BCUT2D eigenvalue weighted by atomic mass is 9.99. The Morgan fingerprint density at radius 2 is 2.00 bits per heavy atom. The minimum absolute atomic E-state index is 0.108. The van der Waals surface area contributed by atoms with E-state index in [1.54, 1.807) is 6.08 Å². The van der Waals surface area contributed by atoms with E-state index in [-0.39, 0.29) is 11.8 Å². The number of carbonyl (C=O) groups is 2. The van der Waals surface area contributed by atoms with Gasteiger partial charge in [-0.2, -0.15) is 0 Å². The minimum Gasteiger partial charge on any atom is -0.480 e. The highest BCUT2D eigenvalue weighted by Gasteiger charge is 2.24. The molecule has 1 aromatic carbocycles. The Hall–Kier alpha value is -2.10. The third-order valence-electron chi connectivity index (χ3n) is 3.38. The van der Waals surface area contributed by atoms with Gasteiger partial charge in [0, 0.05) is 6.08 Å². The molecule has 0 aliphatic rings. The molecule has 0 bridgehead atoms. The average Bonchev–Trinajstić information content (AvgIpc) is 2.42. The van der Waals surface area contributed by atoms with Crippen LogP contribution in [0.2, 0.25) is 0 Å². The van der Waals surface area contributed by atoms with Crippen LogP contribution in [0.25, 0.3) is 6.08 Å². The van der Waals surface area contributed by atoms with Crippen LogP contribution in [0.3, 0.4) is 0 Å². The van der Waals surface area contributed by atoms with Gasteiger partial charge >= 0.3 is 5.97 Å². The summed E-state index contributed by atoms with van der Waals surface area (Å²) in [5.41, 5.74) is 2.01. The zero-order chi connectivity index (χ0) is 15.1. The fourth-order valence-electron chi connectivity index (χ4n) is 1.82. The molecule has 4 nitrogen and oxygen atoms in total. The van der Waals surface area contributed by atoms with Crippen molar-refractivity contribution < 1.29 is 14.7 Å². The zero-order valence-electron chi connectivity index (χ0n) is 12.1. The Balaban J connectivity index is 2.71. The summed E-state index contributed by atoms with van der Waals surface area (Å²) >= 11 is 0. The van der Waals surface area contributed by atoms with Crippen molar-refractivity contribution in [3.63, 3.8) is 0 Å². The summed E-state index contributed by atoms with van der Waals surface area (Å²) in [4.78, 5) is 22.9. The molecule has 2 N–H and O–H groups in total. The van der Waals surface area contributed by atoms with Crippen LogP contribution >= 0.6 is 0 Å². The molecule has 1 aromatic rings. The lowest BCUT2D eigenvalue weighted by molar-refractivity contribution is -0.142. The van der Waals surface area contributed by atoms with Crippen molar-refractivity contribution in [2.45, 2.75) is 33.2 Å². The van der Waals surface area contributed by atoms with Gasteiger partial charge in [0.15, 0.2) is 0 Å². The van der Waals surface area contributed by atoms with Gasteiger partial charge in [-0.1, -0.05) is 44.5 Å². The SMILES string of the molecule is CCC(C)[C@H](NC(=O)C=Cc1ccccc1C)C(=O)O. The second kappa shape index (κ2) is 7.48. The highest BCUT2D eigenvalue weighted by molar-refractivity contribution is 5.94. The molecule has 0 radical (unpaired) electrons. The quantitative estimate of drug-likeness (QED) is 0.784. The number of amides is 1. The largest absolute Gasteiger partial charge is 0.480 e. The summed E-state index contributed by atoms with van der Waals surface area (Å²) in [5, 5.41) is 11.6. The molecule has 20 heavy (non-hydrogen) atoms. The van der Waals surface area contributed by atoms with Gasteiger partial charge in [-0.25, -0.2) is 4.79 Å². The van der Waals surface area contributed by atoms with Crippen molar-refractivity contribution in [1.82, 2.24) is 5.32 Å². The summed E-state index contributed by atoms with van der Waals surface area (Å²) < 4.78 is 0. The summed E-state index contributed by atoms with van der Waals surface area (Å²) in [7, 11) is 0. The number of carboxylic acid groups (broad SMARTS) is 1. The number of benzene rings is 1. The molecule has 0 aliphatic carbocycles. The molecule has 108 valence electrons. The maximum atomic E-state index is 11.8. The third-order valence-corrected chi connectivity index (χ3v) is 3.38. The van der Waals surface area contributed by atoms with Crippen LogP contribution in [0.1, 0.15) is 31.4 Å². The van der Waals surface area contributed by atoms with Crippen LogP contribution in [-0.4, -0.2) is 23.0 Å². The Bertz CT molecular complexity index is 508. The number of hydrogen-bond donors (Lipinski definition) is 2.